The van der Waals surface area contributed by atoms with Crippen molar-refractivity contribution in [2.24, 2.45) is 5.92 Å². The fraction of sp³-hybridized carbons (Fsp3) is 0.632. The molecule has 5 nitrogen and oxygen atoms in total. The molecule has 0 spiro atoms. The van der Waals surface area contributed by atoms with E-state index in [9.17, 15) is 22.8 Å². The van der Waals surface area contributed by atoms with E-state index in [4.69, 9.17) is 0 Å². The second-order valence-corrected chi connectivity index (χ2v) is 10.0. The van der Waals surface area contributed by atoms with E-state index in [1.165, 1.54) is 23.1 Å². The lowest BCUT2D eigenvalue weighted by Gasteiger charge is -2.34. The monoisotopic (exact) mass is 447 g/mol. The van der Waals surface area contributed by atoms with Crippen molar-refractivity contribution >= 4 is 39.2 Å². The molecule has 2 aromatic heterocycles. The number of halogens is 3. The van der Waals surface area contributed by atoms with Crippen molar-refractivity contribution in [3.63, 3.8) is 0 Å². The van der Waals surface area contributed by atoms with E-state index in [0.717, 1.165) is 10.4 Å². The van der Waals surface area contributed by atoms with Crippen LogP contribution in [-0.2, 0) is 10.5 Å². The van der Waals surface area contributed by atoms with Crippen molar-refractivity contribution < 1.29 is 18.0 Å². The molecule has 1 fully saturated rings. The molecule has 3 unspecified atom stereocenters. The molecule has 0 aromatic carbocycles. The Hall–Kier alpha value is -1.55. The summed E-state index contributed by atoms with van der Waals surface area (Å²) in [6, 6.07) is -0.870. The first-order valence-corrected chi connectivity index (χ1v) is 11.4. The zero-order valence-corrected chi connectivity index (χ0v) is 18.1. The fourth-order valence-corrected chi connectivity index (χ4v) is 5.46. The Morgan fingerprint density at radius 1 is 1.34 bits per heavy atom. The Bertz CT molecular complexity index is 955. The van der Waals surface area contributed by atoms with Gasteiger partial charge in [-0.25, -0.2) is 4.98 Å². The lowest BCUT2D eigenvalue weighted by Crippen LogP contribution is -2.49. The average molecular weight is 448 g/mol. The number of aromatic nitrogens is 2. The number of thioether (sulfide) groups is 1. The van der Waals surface area contributed by atoms with Gasteiger partial charge < -0.3 is 10.3 Å². The van der Waals surface area contributed by atoms with Crippen molar-refractivity contribution in [3.05, 3.63) is 26.6 Å². The molecule has 1 amide bonds. The van der Waals surface area contributed by atoms with Crippen LogP contribution in [-0.4, -0.2) is 33.3 Å². The number of hydrogen-bond acceptors (Lipinski definition) is 5. The van der Waals surface area contributed by atoms with Crippen LogP contribution in [0.4, 0.5) is 13.2 Å². The van der Waals surface area contributed by atoms with Crippen molar-refractivity contribution in [2.45, 2.75) is 69.7 Å². The molecule has 1 aliphatic carbocycles. The van der Waals surface area contributed by atoms with E-state index in [0.29, 0.717) is 41.1 Å². The summed E-state index contributed by atoms with van der Waals surface area (Å²) in [5.41, 5.74) is 0.706. The van der Waals surface area contributed by atoms with E-state index in [1.807, 2.05) is 13.8 Å². The number of nitrogens with one attached hydrogen (secondary N) is 2. The molecule has 10 heteroatoms. The maximum Gasteiger partial charge on any atom is 0.393 e. The number of carbonyl (C=O) groups is 1. The van der Waals surface area contributed by atoms with Gasteiger partial charge in [-0.15, -0.1) is 23.1 Å². The van der Waals surface area contributed by atoms with Gasteiger partial charge in [0.05, 0.1) is 22.3 Å². The van der Waals surface area contributed by atoms with E-state index >= 15 is 0 Å². The minimum absolute atomic E-state index is 0.0563. The Morgan fingerprint density at radius 3 is 2.72 bits per heavy atom. The summed E-state index contributed by atoms with van der Waals surface area (Å²) < 4.78 is 39.6. The number of H-pyrrole nitrogens is 1. The number of aromatic amines is 1. The van der Waals surface area contributed by atoms with E-state index in [1.54, 1.807) is 6.92 Å². The molecule has 1 saturated carbocycles. The van der Waals surface area contributed by atoms with Crippen molar-refractivity contribution in [1.29, 1.82) is 0 Å². The molecule has 29 heavy (non-hydrogen) atoms. The molecule has 0 bridgehead atoms. The Balaban J connectivity index is 1.63. The fourth-order valence-electron chi connectivity index (χ4n) is 3.64. The van der Waals surface area contributed by atoms with Crippen LogP contribution >= 0.6 is 23.1 Å². The molecule has 3 atom stereocenters. The highest BCUT2D eigenvalue weighted by atomic mass is 32.2. The van der Waals surface area contributed by atoms with Crippen LogP contribution in [0.1, 0.15) is 48.9 Å². The lowest BCUT2D eigenvalue weighted by atomic mass is 9.84. The van der Waals surface area contributed by atoms with Gasteiger partial charge in [-0.3, -0.25) is 9.59 Å². The summed E-state index contributed by atoms with van der Waals surface area (Å²) in [6.07, 6.45) is -2.69. The Morgan fingerprint density at radius 2 is 2.03 bits per heavy atom. The molecule has 2 N–H and O–H groups in total. The van der Waals surface area contributed by atoms with Gasteiger partial charge in [0.2, 0.25) is 5.91 Å². The maximum absolute atomic E-state index is 13.2. The van der Waals surface area contributed by atoms with Crippen LogP contribution < -0.4 is 10.9 Å². The third-order valence-electron chi connectivity index (χ3n) is 5.44. The van der Waals surface area contributed by atoms with Crippen LogP contribution in [0.5, 0.6) is 0 Å². The molecule has 0 radical (unpaired) electrons. The topological polar surface area (TPSA) is 74.8 Å². The van der Waals surface area contributed by atoms with Gasteiger partial charge in [-0.1, -0.05) is 12.8 Å². The maximum atomic E-state index is 13.2. The van der Waals surface area contributed by atoms with E-state index in [2.05, 4.69) is 15.3 Å². The highest BCUT2D eigenvalue weighted by Gasteiger charge is 2.46. The van der Waals surface area contributed by atoms with Crippen LogP contribution in [0.3, 0.4) is 0 Å². The summed E-state index contributed by atoms with van der Waals surface area (Å²) >= 11 is 2.69. The number of hydrogen-bond donors (Lipinski definition) is 2. The molecular formula is C19H24F3N3O2S2. The molecule has 0 aliphatic heterocycles. The number of nitrogens with zero attached hydrogens (tertiary/aromatic N) is 1. The molecule has 3 rings (SSSR count). The number of rotatable bonds is 5. The summed E-state index contributed by atoms with van der Waals surface area (Å²) in [5.74, 6) is -1.15. The standard InChI is InChI=1S/C19H24F3N3O2S2/c1-9-10(2)29-18-15(9)17(27)24-14(25-18)8-28-11(3)16(26)23-13-7-5-4-6-12(13)19(20,21)22/h11-13H,4-8H2,1-3H3,(H,23,26)(H,24,25,27). The van der Waals surface area contributed by atoms with Crippen LogP contribution in [0.25, 0.3) is 10.2 Å². The number of fused-ring (bicyclic) bond motifs is 1. The first-order valence-electron chi connectivity index (χ1n) is 9.55. The summed E-state index contributed by atoms with van der Waals surface area (Å²) in [7, 11) is 0. The minimum Gasteiger partial charge on any atom is -0.352 e. The summed E-state index contributed by atoms with van der Waals surface area (Å²) in [6.45, 7) is 5.47. The second kappa shape index (κ2) is 8.67. The smallest absolute Gasteiger partial charge is 0.352 e. The summed E-state index contributed by atoms with van der Waals surface area (Å²) in [5, 5.41) is 2.62. The second-order valence-electron chi connectivity index (χ2n) is 7.48. The van der Waals surface area contributed by atoms with Crippen LogP contribution in [0.2, 0.25) is 0 Å². The highest BCUT2D eigenvalue weighted by Crippen LogP contribution is 2.38. The minimum atomic E-state index is -4.30. The SMILES string of the molecule is Cc1sc2nc(CSC(C)C(=O)NC3CCCCC3C(F)(F)F)[nH]c(=O)c2c1C. The van der Waals surface area contributed by atoms with Gasteiger partial charge in [0, 0.05) is 10.9 Å². The van der Waals surface area contributed by atoms with Crippen molar-refractivity contribution in [3.8, 4) is 0 Å². The van der Waals surface area contributed by atoms with Crippen molar-refractivity contribution in [1.82, 2.24) is 15.3 Å². The molecular weight excluding hydrogens is 423 g/mol. The normalized spacial score (nSPS) is 21.3. The van der Waals surface area contributed by atoms with Gasteiger partial charge in [-0.05, 0) is 39.2 Å². The van der Waals surface area contributed by atoms with Gasteiger partial charge in [-0.2, -0.15) is 13.2 Å². The molecule has 2 heterocycles. The Labute approximate surface area is 174 Å². The first kappa shape index (κ1) is 22.1. The zero-order valence-electron chi connectivity index (χ0n) is 16.5. The first-order chi connectivity index (χ1) is 13.6. The average Bonchev–Trinajstić information content (AvgIpc) is 2.93. The largest absolute Gasteiger partial charge is 0.393 e. The predicted octanol–water partition coefficient (Wildman–Crippen LogP) is 4.46. The number of alkyl halides is 3. The predicted molar refractivity (Wildman–Crippen MR) is 110 cm³/mol. The van der Waals surface area contributed by atoms with Gasteiger partial charge in [0.15, 0.2) is 0 Å². The molecule has 1 aliphatic rings. The third-order valence-corrected chi connectivity index (χ3v) is 7.70. The number of aryl methyl sites for hydroxylation is 2. The Kier molecular flexibility index (Phi) is 6.62. The van der Waals surface area contributed by atoms with Crippen LogP contribution in [0.15, 0.2) is 4.79 Å². The van der Waals surface area contributed by atoms with Gasteiger partial charge in [0.25, 0.3) is 5.56 Å². The van der Waals surface area contributed by atoms with E-state index < -0.39 is 29.3 Å². The van der Waals surface area contributed by atoms with Crippen LogP contribution in [0, 0.1) is 19.8 Å². The number of carbonyl (C=O) groups excluding carboxylic acids is 1. The number of amides is 1. The third kappa shape index (κ3) is 4.96. The van der Waals surface area contributed by atoms with Gasteiger partial charge >= 0.3 is 6.18 Å². The zero-order chi connectivity index (χ0) is 21.3. The number of thiophene rings is 1. The molecule has 0 saturated heterocycles. The molecule has 2 aromatic rings. The lowest BCUT2D eigenvalue weighted by molar-refractivity contribution is -0.189. The van der Waals surface area contributed by atoms with Gasteiger partial charge in [0.1, 0.15) is 10.7 Å². The molecule has 160 valence electrons. The summed E-state index contributed by atoms with van der Waals surface area (Å²) in [4.78, 5) is 33.7. The highest BCUT2D eigenvalue weighted by molar-refractivity contribution is 7.99. The van der Waals surface area contributed by atoms with E-state index in [-0.39, 0.29) is 12.0 Å². The quantitative estimate of drug-likeness (QED) is 0.710. The van der Waals surface area contributed by atoms with Crippen molar-refractivity contribution in [2.75, 3.05) is 0 Å².